The number of pyridine rings is 1. The highest BCUT2D eigenvalue weighted by atomic mass is 16.1. The van der Waals surface area contributed by atoms with E-state index in [1.165, 1.54) is 0 Å². The van der Waals surface area contributed by atoms with Gasteiger partial charge in [0.2, 0.25) is 5.91 Å². The molecular weight excluding hydrogens is 254 g/mol. The molecule has 20 heavy (non-hydrogen) atoms. The normalized spacial score (nSPS) is 16.4. The summed E-state index contributed by atoms with van der Waals surface area (Å²) < 4.78 is 1.81. The van der Waals surface area contributed by atoms with Gasteiger partial charge in [-0.2, -0.15) is 0 Å². The monoisotopic (exact) mass is 271 g/mol. The van der Waals surface area contributed by atoms with Gasteiger partial charge in [0.1, 0.15) is 12.1 Å². The van der Waals surface area contributed by atoms with Crippen molar-refractivity contribution in [1.82, 2.24) is 19.9 Å². The Morgan fingerprint density at radius 1 is 1.50 bits per heavy atom. The van der Waals surface area contributed by atoms with Crippen molar-refractivity contribution in [3.8, 4) is 5.82 Å². The largest absolute Gasteiger partial charge is 0.324 e. The van der Waals surface area contributed by atoms with Gasteiger partial charge in [-0.05, 0) is 31.1 Å². The first-order chi connectivity index (χ1) is 9.74. The third-order valence-electron chi connectivity index (χ3n) is 3.72. The molecule has 0 saturated carbocycles. The maximum absolute atomic E-state index is 12.1. The van der Waals surface area contributed by atoms with Crippen LogP contribution in [0, 0.1) is 11.8 Å². The topological polar surface area (TPSA) is 71.8 Å². The Morgan fingerprint density at radius 2 is 2.35 bits per heavy atom. The van der Waals surface area contributed by atoms with Crippen LogP contribution in [0.5, 0.6) is 0 Å². The summed E-state index contributed by atoms with van der Waals surface area (Å²) in [6.07, 6.45) is 6.88. The Kier molecular flexibility index (Phi) is 3.47. The summed E-state index contributed by atoms with van der Waals surface area (Å²) in [6.45, 7) is 3.81. The zero-order chi connectivity index (χ0) is 13.9. The van der Waals surface area contributed by atoms with E-state index in [2.05, 4.69) is 20.6 Å². The molecule has 0 spiro atoms. The number of rotatable bonds is 4. The predicted octanol–water partition coefficient (Wildman–Crippen LogP) is 1.06. The van der Waals surface area contributed by atoms with Crippen molar-refractivity contribution in [3.63, 3.8) is 0 Å². The van der Waals surface area contributed by atoms with Crippen LogP contribution in [0.1, 0.15) is 6.92 Å². The minimum atomic E-state index is 0.0181. The Balaban J connectivity index is 1.64. The molecule has 0 aliphatic carbocycles. The predicted molar refractivity (Wildman–Crippen MR) is 75.5 cm³/mol. The minimum absolute atomic E-state index is 0.0181. The molecule has 2 aromatic heterocycles. The smallest absolute Gasteiger partial charge is 0.227 e. The molecule has 3 heterocycles. The third kappa shape index (κ3) is 2.55. The third-order valence-corrected chi connectivity index (χ3v) is 3.72. The first-order valence-corrected chi connectivity index (χ1v) is 6.70. The summed E-state index contributed by atoms with van der Waals surface area (Å²) in [5, 5.41) is 6.09. The summed E-state index contributed by atoms with van der Waals surface area (Å²) in [6, 6.07) is 3.71. The molecule has 3 rings (SSSR count). The summed E-state index contributed by atoms with van der Waals surface area (Å²) in [4.78, 5) is 20.4. The Bertz CT molecular complexity index is 574. The molecule has 0 bridgehead atoms. The summed E-state index contributed by atoms with van der Waals surface area (Å²) in [5.74, 6) is 1.28. The van der Waals surface area contributed by atoms with Crippen molar-refractivity contribution in [2.24, 2.45) is 11.8 Å². The van der Waals surface area contributed by atoms with E-state index in [-0.39, 0.29) is 11.8 Å². The molecule has 1 saturated heterocycles. The Labute approximate surface area is 117 Å². The average molecular weight is 271 g/mol. The van der Waals surface area contributed by atoms with E-state index < -0.39 is 0 Å². The Hall–Kier alpha value is -2.21. The van der Waals surface area contributed by atoms with Crippen molar-refractivity contribution in [3.05, 3.63) is 37.1 Å². The van der Waals surface area contributed by atoms with E-state index in [1.54, 1.807) is 18.7 Å². The van der Waals surface area contributed by atoms with Gasteiger partial charge in [-0.15, -0.1) is 0 Å². The highest BCUT2D eigenvalue weighted by Crippen LogP contribution is 2.18. The van der Waals surface area contributed by atoms with Gasteiger partial charge in [-0.25, -0.2) is 9.97 Å². The second-order valence-corrected chi connectivity index (χ2v) is 5.07. The van der Waals surface area contributed by atoms with Gasteiger partial charge in [-0.3, -0.25) is 9.36 Å². The van der Waals surface area contributed by atoms with E-state index in [0.29, 0.717) is 5.92 Å². The summed E-state index contributed by atoms with van der Waals surface area (Å²) in [5.41, 5.74) is 0.720. The number of imidazole rings is 1. The molecule has 1 amide bonds. The molecule has 1 atom stereocenters. The minimum Gasteiger partial charge on any atom is -0.324 e. The van der Waals surface area contributed by atoms with E-state index in [1.807, 2.05) is 29.8 Å². The van der Waals surface area contributed by atoms with Crippen LogP contribution in [0.3, 0.4) is 0 Å². The van der Waals surface area contributed by atoms with Gasteiger partial charge >= 0.3 is 0 Å². The van der Waals surface area contributed by atoms with Crippen LogP contribution < -0.4 is 10.6 Å². The first-order valence-electron chi connectivity index (χ1n) is 6.70. The van der Waals surface area contributed by atoms with Crippen LogP contribution in [0.2, 0.25) is 0 Å². The molecule has 6 heteroatoms. The lowest BCUT2D eigenvalue weighted by atomic mass is 9.88. The van der Waals surface area contributed by atoms with Crippen LogP contribution in [0.4, 0.5) is 5.69 Å². The molecule has 104 valence electrons. The number of hydrogen-bond donors (Lipinski definition) is 2. The molecule has 6 nitrogen and oxygen atoms in total. The number of nitrogens with one attached hydrogen (secondary N) is 2. The molecular formula is C14H17N5O. The quantitative estimate of drug-likeness (QED) is 0.872. The molecule has 0 aromatic carbocycles. The second-order valence-electron chi connectivity index (χ2n) is 5.07. The number of nitrogens with zero attached hydrogens (tertiary/aromatic N) is 3. The van der Waals surface area contributed by atoms with Gasteiger partial charge in [0.15, 0.2) is 0 Å². The van der Waals surface area contributed by atoms with Gasteiger partial charge < -0.3 is 10.6 Å². The van der Waals surface area contributed by atoms with Crippen molar-refractivity contribution in [2.45, 2.75) is 6.92 Å². The first kappa shape index (κ1) is 12.8. The van der Waals surface area contributed by atoms with Crippen LogP contribution >= 0.6 is 0 Å². The van der Waals surface area contributed by atoms with Crippen LogP contribution in [-0.4, -0.2) is 33.5 Å². The molecule has 2 aromatic rings. The lowest BCUT2D eigenvalue weighted by Crippen LogP contribution is -2.48. The van der Waals surface area contributed by atoms with E-state index in [9.17, 15) is 4.79 Å². The number of carbonyl (C=O) groups excluding carboxylic acids is 1. The van der Waals surface area contributed by atoms with Crippen LogP contribution in [-0.2, 0) is 4.79 Å². The average Bonchev–Trinajstić information content (AvgIpc) is 2.91. The number of carbonyl (C=O) groups is 1. The van der Waals surface area contributed by atoms with Crippen molar-refractivity contribution >= 4 is 11.6 Å². The lowest BCUT2D eigenvalue weighted by molar-refractivity contribution is -0.121. The van der Waals surface area contributed by atoms with Crippen LogP contribution in [0.15, 0.2) is 37.1 Å². The van der Waals surface area contributed by atoms with Gasteiger partial charge in [0.25, 0.3) is 0 Å². The fourth-order valence-corrected chi connectivity index (χ4v) is 2.14. The summed E-state index contributed by atoms with van der Waals surface area (Å²) in [7, 11) is 0. The van der Waals surface area contributed by atoms with Crippen molar-refractivity contribution in [1.29, 1.82) is 0 Å². The number of amides is 1. The number of hydrogen-bond acceptors (Lipinski definition) is 4. The molecule has 1 fully saturated rings. The van der Waals surface area contributed by atoms with E-state index in [4.69, 9.17) is 0 Å². The van der Waals surface area contributed by atoms with E-state index in [0.717, 1.165) is 24.6 Å². The highest BCUT2D eigenvalue weighted by Gasteiger charge is 2.28. The molecule has 1 unspecified atom stereocenters. The fourth-order valence-electron chi connectivity index (χ4n) is 2.14. The maximum atomic E-state index is 12.1. The number of aromatic nitrogens is 3. The van der Waals surface area contributed by atoms with E-state index >= 15 is 0 Å². The van der Waals surface area contributed by atoms with Gasteiger partial charge in [-0.1, -0.05) is 6.92 Å². The standard InChI is InChI=1S/C14H17N5O/c1-10(11-6-16-7-11)14(20)18-12-2-3-13(17-8-12)19-5-4-15-9-19/h2-5,8-11,16H,6-7H2,1H3,(H,18,20). The van der Waals surface area contributed by atoms with Gasteiger partial charge in [0, 0.05) is 18.3 Å². The second kappa shape index (κ2) is 5.42. The SMILES string of the molecule is CC(C(=O)Nc1ccc(-n2ccnc2)nc1)C1CNC1. The van der Waals surface area contributed by atoms with Crippen molar-refractivity contribution < 1.29 is 4.79 Å². The molecule has 1 aliphatic rings. The number of anilines is 1. The lowest BCUT2D eigenvalue weighted by Gasteiger charge is -2.31. The zero-order valence-corrected chi connectivity index (χ0v) is 11.3. The molecule has 1 aliphatic heterocycles. The zero-order valence-electron chi connectivity index (χ0n) is 11.3. The van der Waals surface area contributed by atoms with Crippen LogP contribution in [0.25, 0.3) is 5.82 Å². The molecule has 2 N–H and O–H groups in total. The van der Waals surface area contributed by atoms with Gasteiger partial charge in [0.05, 0.1) is 11.9 Å². The maximum Gasteiger partial charge on any atom is 0.227 e. The molecule has 0 radical (unpaired) electrons. The fraction of sp³-hybridized carbons (Fsp3) is 0.357. The Morgan fingerprint density at radius 3 is 2.90 bits per heavy atom. The highest BCUT2D eigenvalue weighted by molar-refractivity contribution is 5.92. The van der Waals surface area contributed by atoms with Crippen molar-refractivity contribution in [2.75, 3.05) is 18.4 Å². The summed E-state index contributed by atoms with van der Waals surface area (Å²) >= 11 is 0.